The lowest BCUT2D eigenvalue weighted by Gasteiger charge is -2.18. The molecule has 0 saturated heterocycles. The summed E-state index contributed by atoms with van der Waals surface area (Å²) in [6.07, 6.45) is 1.15. The quantitative estimate of drug-likeness (QED) is 0.435. The van der Waals surface area contributed by atoms with Crippen LogP contribution in [0, 0.1) is 0 Å². The molecule has 0 fully saturated rings. The molecule has 0 radical (unpaired) electrons. The summed E-state index contributed by atoms with van der Waals surface area (Å²) in [4.78, 5) is 14.7. The lowest BCUT2D eigenvalue weighted by molar-refractivity contribution is -0.120. The monoisotopic (exact) mass is 475 g/mol. The second kappa shape index (κ2) is 10.2. The number of nitrogens with one attached hydrogen (secondary N) is 1. The Morgan fingerprint density at radius 2 is 1.79 bits per heavy atom. The van der Waals surface area contributed by atoms with Gasteiger partial charge in [-0.3, -0.25) is 9.69 Å². The Balaban J connectivity index is 1.17. The Morgan fingerprint density at radius 3 is 2.65 bits per heavy atom. The number of benzene rings is 2. The Morgan fingerprint density at radius 1 is 0.971 bits per heavy atom. The van der Waals surface area contributed by atoms with E-state index < -0.39 is 0 Å². The summed E-state index contributed by atoms with van der Waals surface area (Å²) in [5.41, 5.74) is 1.89. The van der Waals surface area contributed by atoms with Crippen LogP contribution < -0.4 is 5.32 Å². The fraction of sp³-hybridized carbons (Fsp3) is 0.269. The molecule has 34 heavy (non-hydrogen) atoms. The van der Waals surface area contributed by atoms with Crippen LogP contribution in [0.15, 0.2) is 71.1 Å². The summed E-state index contributed by atoms with van der Waals surface area (Å²) < 4.78 is 8.21. The lowest BCUT2D eigenvalue weighted by atomic mass is 10.1. The molecular formula is C26H26ClN5O2. The van der Waals surface area contributed by atoms with Crippen molar-refractivity contribution >= 4 is 17.5 Å². The maximum Gasteiger partial charge on any atom is 0.224 e. The largest absolute Gasteiger partial charge is 0.460 e. The minimum absolute atomic E-state index is 0.0223. The number of nitrogens with zero attached hydrogens (tertiary/aromatic N) is 4. The number of carbonyl (C=O) groups excluding carboxylic acids is 1. The van der Waals surface area contributed by atoms with Crippen LogP contribution in [0.2, 0.25) is 5.02 Å². The first kappa shape index (κ1) is 22.4. The van der Waals surface area contributed by atoms with Crippen molar-refractivity contribution < 1.29 is 9.21 Å². The van der Waals surface area contributed by atoms with Gasteiger partial charge in [0.2, 0.25) is 5.91 Å². The van der Waals surface area contributed by atoms with E-state index in [2.05, 4.69) is 25.0 Å². The Hall–Kier alpha value is -3.42. The molecule has 1 N–H and O–H groups in total. The van der Waals surface area contributed by atoms with Crippen molar-refractivity contribution in [3.05, 3.63) is 94.7 Å². The van der Waals surface area contributed by atoms with Crippen molar-refractivity contribution in [1.82, 2.24) is 25.0 Å². The SMILES string of the molecule is O=C(Cc1ccccc1)NCc1nnc2n1CCN(Cc1ccc(-c3ccccc3Cl)o1)CC2. The van der Waals surface area contributed by atoms with Gasteiger partial charge in [-0.2, -0.15) is 0 Å². The van der Waals surface area contributed by atoms with Crippen molar-refractivity contribution in [1.29, 1.82) is 0 Å². The van der Waals surface area contributed by atoms with Crippen LogP contribution >= 0.6 is 11.6 Å². The van der Waals surface area contributed by atoms with Gasteiger partial charge in [-0.15, -0.1) is 10.2 Å². The molecule has 7 nitrogen and oxygen atoms in total. The standard InChI is InChI=1S/C26H26ClN5O2/c27-22-9-5-4-8-21(22)23-11-10-20(34-23)18-31-13-12-24-29-30-25(32(24)15-14-31)17-28-26(33)16-19-6-2-1-3-7-19/h1-11H,12-18H2,(H,28,33). The van der Waals surface area contributed by atoms with Gasteiger partial charge in [0.15, 0.2) is 5.82 Å². The molecule has 0 aliphatic carbocycles. The molecule has 174 valence electrons. The van der Waals surface area contributed by atoms with Gasteiger partial charge in [0.05, 0.1) is 24.5 Å². The van der Waals surface area contributed by atoms with E-state index in [-0.39, 0.29) is 5.91 Å². The first-order valence-electron chi connectivity index (χ1n) is 11.4. The van der Waals surface area contributed by atoms with Crippen LogP contribution in [0.5, 0.6) is 0 Å². The molecule has 8 heteroatoms. The average Bonchev–Trinajstić information content (AvgIpc) is 3.42. The van der Waals surface area contributed by atoms with Gasteiger partial charge < -0.3 is 14.3 Å². The fourth-order valence-electron chi connectivity index (χ4n) is 4.23. The molecule has 1 aliphatic heterocycles. The van der Waals surface area contributed by atoms with Crippen molar-refractivity contribution in [2.45, 2.75) is 32.5 Å². The van der Waals surface area contributed by atoms with Crippen molar-refractivity contribution in [3.8, 4) is 11.3 Å². The number of fused-ring (bicyclic) bond motifs is 1. The van der Waals surface area contributed by atoms with E-state index in [1.807, 2.05) is 66.7 Å². The Labute approximate surface area is 203 Å². The maximum absolute atomic E-state index is 12.3. The second-order valence-electron chi connectivity index (χ2n) is 8.40. The van der Waals surface area contributed by atoms with Crippen LogP contribution in [0.25, 0.3) is 11.3 Å². The third-order valence-corrected chi connectivity index (χ3v) is 6.36. The highest BCUT2D eigenvalue weighted by molar-refractivity contribution is 6.33. The topological polar surface area (TPSA) is 76.2 Å². The van der Waals surface area contributed by atoms with Gasteiger partial charge >= 0.3 is 0 Å². The molecule has 0 unspecified atom stereocenters. The summed E-state index contributed by atoms with van der Waals surface area (Å²) in [7, 11) is 0. The first-order chi connectivity index (χ1) is 16.7. The fourth-order valence-corrected chi connectivity index (χ4v) is 4.46. The van der Waals surface area contributed by atoms with Crippen LogP contribution in [0.1, 0.15) is 23.0 Å². The van der Waals surface area contributed by atoms with Crippen LogP contribution in [-0.4, -0.2) is 38.7 Å². The summed E-state index contributed by atoms with van der Waals surface area (Å²) in [5, 5.41) is 12.3. The highest BCUT2D eigenvalue weighted by Gasteiger charge is 2.20. The zero-order valence-corrected chi connectivity index (χ0v) is 19.5. The third kappa shape index (κ3) is 5.21. The third-order valence-electron chi connectivity index (χ3n) is 6.03. The second-order valence-corrected chi connectivity index (χ2v) is 8.80. The predicted octanol–water partition coefficient (Wildman–Crippen LogP) is 4.11. The highest BCUT2D eigenvalue weighted by atomic mass is 35.5. The van der Waals surface area contributed by atoms with Gasteiger partial charge in [0, 0.05) is 31.6 Å². The number of amides is 1. The summed E-state index contributed by atoms with van der Waals surface area (Å²) in [6.45, 7) is 3.56. The molecule has 0 saturated carbocycles. The van der Waals surface area contributed by atoms with Gasteiger partial charge in [-0.05, 0) is 29.8 Å². The Kier molecular flexibility index (Phi) is 6.74. The molecule has 0 atom stereocenters. The summed E-state index contributed by atoms with van der Waals surface area (Å²) in [5.74, 6) is 3.40. The van der Waals surface area contributed by atoms with E-state index in [1.165, 1.54) is 0 Å². The smallest absolute Gasteiger partial charge is 0.224 e. The van der Waals surface area contributed by atoms with E-state index in [9.17, 15) is 4.79 Å². The zero-order valence-electron chi connectivity index (χ0n) is 18.8. The number of rotatable bonds is 7. The molecule has 1 aliphatic rings. The number of hydrogen-bond acceptors (Lipinski definition) is 5. The predicted molar refractivity (Wildman–Crippen MR) is 130 cm³/mol. The van der Waals surface area contributed by atoms with E-state index in [4.69, 9.17) is 16.0 Å². The summed E-state index contributed by atoms with van der Waals surface area (Å²) in [6, 6.07) is 21.4. The molecule has 0 spiro atoms. The lowest BCUT2D eigenvalue weighted by Crippen LogP contribution is -2.28. The van der Waals surface area contributed by atoms with E-state index in [0.717, 1.165) is 60.4 Å². The van der Waals surface area contributed by atoms with E-state index in [0.29, 0.717) is 24.5 Å². The van der Waals surface area contributed by atoms with Crippen molar-refractivity contribution in [2.24, 2.45) is 0 Å². The minimum atomic E-state index is -0.0223. The number of halogens is 1. The molecule has 2 aromatic heterocycles. The normalized spacial score (nSPS) is 13.9. The molecular weight excluding hydrogens is 450 g/mol. The zero-order chi connectivity index (χ0) is 23.3. The van der Waals surface area contributed by atoms with E-state index >= 15 is 0 Å². The average molecular weight is 476 g/mol. The highest BCUT2D eigenvalue weighted by Crippen LogP contribution is 2.29. The first-order valence-corrected chi connectivity index (χ1v) is 11.8. The molecule has 2 aromatic carbocycles. The molecule has 1 amide bonds. The van der Waals surface area contributed by atoms with Gasteiger partial charge in [-0.25, -0.2) is 0 Å². The number of furan rings is 1. The van der Waals surface area contributed by atoms with Gasteiger partial charge in [-0.1, -0.05) is 54.1 Å². The summed E-state index contributed by atoms with van der Waals surface area (Å²) >= 11 is 6.31. The maximum atomic E-state index is 12.3. The van der Waals surface area contributed by atoms with Gasteiger partial charge in [0.25, 0.3) is 0 Å². The van der Waals surface area contributed by atoms with E-state index in [1.54, 1.807) is 0 Å². The number of aromatic nitrogens is 3. The van der Waals surface area contributed by atoms with Crippen LogP contribution in [0.4, 0.5) is 0 Å². The van der Waals surface area contributed by atoms with Crippen LogP contribution in [-0.2, 0) is 37.3 Å². The van der Waals surface area contributed by atoms with Crippen LogP contribution in [0.3, 0.4) is 0 Å². The van der Waals surface area contributed by atoms with Crippen molar-refractivity contribution in [2.75, 3.05) is 13.1 Å². The molecule has 0 bridgehead atoms. The van der Waals surface area contributed by atoms with Crippen molar-refractivity contribution in [3.63, 3.8) is 0 Å². The molecule has 4 aromatic rings. The number of carbonyl (C=O) groups is 1. The number of hydrogen-bond donors (Lipinski definition) is 1. The molecule has 3 heterocycles. The Bertz CT molecular complexity index is 1270. The van der Waals surface area contributed by atoms with Gasteiger partial charge in [0.1, 0.15) is 17.3 Å². The minimum Gasteiger partial charge on any atom is -0.460 e. The molecule has 5 rings (SSSR count).